The van der Waals surface area contributed by atoms with Gasteiger partial charge in [-0.3, -0.25) is 0 Å². The Bertz CT molecular complexity index is 584. The van der Waals surface area contributed by atoms with Crippen LogP contribution < -0.4 is 10.0 Å². The van der Waals surface area contributed by atoms with Crippen LogP contribution >= 0.6 is 0 Å². The fraction of sp³-hybridized carbons (Fsp3) is 0.500. The molecule has 1 saturated heterocycles. The minimum atomic E-state index is -3.52. The molecule has 2 unspecified atom stereocenters. The van der Waals surface area contributed by atoms with Crippen LogP contribution in [0.4, 0.5) is 0 Å². The highest BCUT2D eigenvalue weighted by Crippen LogP contribution is 2.17. The molecule has 1 fully saturated rings. The van der Waals surface area contributed by atoms with E-state index in [1.807, 2.05) is 13.0 Å². The minimum absolute atomic E-state index is 0.108. The Hall–Kier alpha value is -1.42. The molecule has 2 N–H and O–H groups in total. The molecule has 1 heterocycles. The number of sulfonamides is 1. The van der Waals surface area contributed by atoms with Crippen molar-refractivity contribution in [3.63, 3.8) is 0 Å². The molecule has 0 aromatic heterocycles. The first-order valence-corrected chi connectivity index (χ1v) is 8.24. The van der Waals surface area contributed by atoms with Gasteiger partial charge in [-0.2, -0.15) is 5.26 Å². The quantitative estimate of drug-likeness (QED) is 0.874. The third-order valence-corrected chi connectivity index (χ3v) is 5.25. The first kappa shape index (κ1) is 15.0. The van der Waals surface area contributed by atoms with Crippen molar-refractivity contribution in [1.29, 1.82) is 5.26 Å². The Labute approximate surface area is 120 Å². The first-order valence-electron chi connectivity index (χ1n) is 6.76. The predicted molar refractivity (Wildman–Crippen MR) is 76.5 cm³/mol. The van der Waals surface area contributed by atoms with Crippen LogP contribution in [0.15, 0.2) is 29.2 Å². The summed E-state index contributed by atoms with van der Waals surface area (Å²) < 4.78 is 27.3. The molecule has 0 spiro atoms. The van der Waals surface area contributed by atoms with Gasteiger partial charge in [0.25, 0.3) is 0 Å². The van der Waals surface area contributed by atoms with E-state index in [1.165, 1.54) is 24.3 Å². The molecule has 0 radical (unpaired) electrons. The van der Waals surface area contributed by atoms with Crippen LogP contribution in [0.2, 0.25) is 0 Å². The summed E-state index contributed by atoms with van der Waals surface area (Å²) in [7, 11) is -3.52. The molecule has 0 bridgehead atoms. The second kappa shape index (κ2) is 6.35. The smallest absolute Gasteiger partial charge is 0.240 e. The van der Waals surface area contributed by atoms with Crippen molar-refractivity contribution >= 4 is 10.0 Å². The molecule has 0 aliphatic carbocycles. The Morgan fingerprint density at radius 3 is 2.65 bits per heavy atom. The van der Waals surface area contributed by atoms with Crippen LogP contribution in [0.3, 0.4) is 0 Å². The number of nitriles is 1. The third-order valence-electron chi connectivity index (χ3n) is 3.68. The SMILES string of the molecule is CC(NS(=O)(=O)c1ccc(C#N)cc1)C1CCCNC1. The summed E-state index contributed by atoms with van der Waals surface area (Å²) in [5.74, 6) is 0.317. The molecule has 1 aliphatic rings. The molecule has 108 valence electrons. The first-order chi connectivity index (χ1) is 9.53. The van der Waals surface area contributed by atoms with E-state index in [1.54, 1.807) is 0 Å². The number of hydrogen-bond acceptors (Lipinski definition) is 4. The van der Waals surface area contributed by atoms with Gasteiger partial charge in [-0.05, 0) is 63.0 Å². The van der Waals surface area contributed by atoms with Crippen molar-refractivity contribution in [3.8, 4) is 6.07 Å². The van der Waals surface area contributed by atoms with Gasteiger partial charge in [0, 0.05) is 6.04 Å². The number of nitrogens with one attached hydrogen (secondary N) is 2. The van der Waals surface area contributed by atoms with Crippen molar-refractivity contribution in [2.45, 2.75) is 30.7 Å². The van der Waals surface area contributed by atoms with Gasteiger partial charge in [-0.15, -0.1) is 0 Å². The zero-order valence-electron chi connectivity index (χ0n) is 11.5. The highest BCUT2D eigenvalue weighted by molar-refractivity contribution is 7.89. The molecule has 2 atom stereocenters. The molecule has 2 rings (SSSR count). The maximum atomic E-state index is 12.3. The molecular weight excluding hydrogens is 274 g/mol. The number of hydrogen-bond donors (Lipinski definition) is 2. The minimum Gasteiger partial charge on any atom is -0.316 e. The van der Waals surface area contributed by atoms with E-state index in [-0.39, 0.29) is 10.9 Å². The molecular formula is C14H19N3O2S. The fourth-order valence-electron chi connectivity index (χ4n) is 2.42. The van der Waals surface area contributed by atoms with Crippen molar-refractivity contribution in [3.05, 3.63) is 29.8 Å². The Morgan fingerprint density at radius 1 is 1.40 bits per heavy atom. The molecule has 0 saturated carbocycles. The van der Waals surface area contributed by atoms with Crippen LogP contribution in [-0.4, -0.2) is 27.5 Å². The number of nitrogens with zero attached hydrogens (tertiary/aromatic N) is 1. The lowest BCUT2D eigenvalue weighted by molar-refractivity contribution is 0.320. The van der Waals surface area contributed by atoms with E-state index in [0.717, 1.165) is 25.9 Å². The lowest BCUT2D eigenvalue weighted by Gasteiger charge is -2.28. The van der Waals surface area contributed by atoms with Gasteiger partial charge in [-0.1, -0.05) is 0 Å². The van der Waals surface area contributed by atoms with E-state index in [0.29, 0.717) is 11.5 Å². The Morgan fingerprint density at radius 2 is 2.10 bits per heavy atom. The Kier molecular flexibility index (Phi) is 4.76. The average molecular weight is 293 g/mol. The van der Waals surface area contributed by atoms with Gasteiger partial charge >= 0.3 is 0 Å². The fourth-order valence-corrected chi connectivity index (χ4v) is 3.74. The van der Waals surface area contributed by atoms with Crippen molar-refractivity contribution < 1.29 is 8.42 Å². The van der Waals surface area contributed by atoms with E-state index in [2.05, 4.69) is 10.0 Å². The number of rotatable bonds is 4. The van der Waals surface area contributed by atoms with Gasteiger partial charge in [0.05, 0.1) is 16.5 Å². The van der Waals surface area contributed by atoms with E-state index < -0.39 is 10.0 Å². The summed E-state index contributed by atoms with van der Waals surface area (Å²) in [6, 6.07) is 7.83. The van der Waals surface area contributed by atoms with Crippen LogP contribution in [0, 0.1) is 17.2 Å². The summed E-state index contributed by atoms with van der Waals surface area (Å²) in [4.78, 5) is 0.201. The van der Waals surface area contributed by atoms with Crippen molar-refractivity contribution in [2.75, 3.05) is 13.1 Å². The van der Waals surface area contributed by atoms with E-state index in [9.17, 15) is 8.42 Å². The summed E-state index contributed by atoms with van der Waals surface area (Å²) in [6.45, 7) is 3.75. The van der Waals surface area contributed by atoms with E-state index in [4.69, 9.17) is 5.26 Å². The summed E-state index contributed by atoms with van der Waals surface area (Å²) in [6.07, 6.45) is 2.11. The van der Waals surface area contributed by atoms with Gasteiger partial charge < -0.3 is 5.32 Å². The van der Waals surface area contributed by atoms with E-state index >= 15 is 0 Å². The lowest BCUT2D eigenvalue weighted by Crippen LogP contribution is -2.44. The van der Waals surface area contributed by atoms with Crippen LogP contribution in [0.25, 0.3) is 0 Å². The van der Waals surface area contributed by atoms with Crippen molar-refractivity contribution in [1.82, 2.24) is 10.0 Å². The molecule has 20 heavy (non-hydrogen) atoms. The summed E-state index contributed by atoms with van der Waals surface area (Å²) >= 11 is 0. The topological polar surface area (TPSA) is 82.0 Å². The monoisotopic (exact) mass is 293 g/mol. The van der Waals surface area contributed by atoms with Gasteiger partial charge in [0.2, 0.25) is 10.0 Å². The Balaban J connectivity index is 2.07. The summed E-state index contributed by atoms with van der Waals surface area (Å²) in [5.41, 5.74) is 0.452. The van der Waals surface area contributed by atoms with Gasteiger partial charge in [0.1, 0.15) is 0 Å². The molecule has 5 nitrogen and oxygen atoms in total. The highest BCUT2D eigenvalue weighted by Gasteiger charge is 2.24. The normalized spacial score (nSPS) is 21.1. The third kappa shape index (κ3) is 3.57. The zero-order valence-corrected chi connectivity index (χ0v) is 12.3. The molecule has 1 aliphatic heterocycles. The molecule has 0 amide bonds. The highest BCUT2D eigenvalue weighted by atomic mass is 32.2. The van der Waals surface area contributed by atoms with Crippen LogP contribution in [-0.2, 0) is 10.0 Å². The maximum Gasteiger partial charge on any atom is 0.240 e. The second-order valence-corrected chi connectivity index (χ2v) is 6.87. The van der Waals surface area contributed by atoms with Crippen LogP contribution in [0.1, 0.15) is 25.3 Å². The zero-order chi connectivity index (χ0) is 14.6. The largest absolute Gasteiger partial charge is 0.316 e. The van der Waals surface area contributed by atoms with Crippen molar-refractivity contribution in [2.24, 2.45) is 5.92 Å². The molecule has 1 aromatic rings. The number of piperidine rings is 1. The average Bonchev–Trinajstić information content (AvgIpc) is 2.48. The number of benzene rings is 1. The molecule has 1 aromatic carbocycles. The van der Waals surface area contributed by atoms with Gasteiger partial charge in [0.15, 0.2) is 0 Å². The van der Waals surface area contributed by atoms with Crippen LogP contribution in [0.5, 0.6) is 0 Å². The molecule has 6 heteroatoms. The lowest BCUT2D eigenvalue weighted by atomic mass is 9.94. The second-order valence-electron chi connectivity index (χ2n) is 5.15. The standard InChI is InChI=1S/C14H19N3O2S/c1-11(13-3-2-8-16-10-13)17-20(18,19)14-6-4-12(9-15)5-7-14/h4-7,11,13,16-17H,2-3,8,10H2,1H3. The van der Waals surface area contributed by atoms with Gasteiger partial charge in [-0.25, -0.2) is 13.1 Å². The predicted octanol–water partition coefficient (Wildman–Crippen LogP) is 1.22. The summed E-state index contributed by atoms with van der Waals surface area (Å²) in [5, 5.41) is 12.0. The maximum absolute atomic E-state index is 12.3.